The minimum atomic E-state index is 0.121. The molecule has 3 nitrogen and oxygen atoms in total. The molecule has 0 aromatic heterocycles. The summed E-state index contributed by atoms with van der Waals surface area (Å²) in [7, 11) is 1.91. The molecule has 0 unspecified atom stereocenters. The first-order valence-electron chi connectivity index (χ1n) is 6.67. The van der Waals surface area contributed by atoms with E-state index in [0.29, 0.717) is 12.1 Å². The first kappa shape index (κ1) is 13.1. The standard InChI is InChI=1S/C15H22N2O/c1-11-3-5-12(6-4-11)15(18)17(2)14-9-7-13(16)8-10-14/h3-6,13-14H,7-10,16H2,1-2H3. The second-order valence-corrected chi connectivity index (χ2v) is 5.35. The Bertz CT molecular complexity index is 405. The Labute approximate surface area is 109 Å². The molecule has 0 bridgehead atoms. The van der Waals surface area contributed by atoms with E-state index >= 15 is 0 Å². The van der Waals surface area contributed by atoms with E-state index < -0.39 is 0 Å². The molecule has 0 heterocycles. The van der Waals surface area contributed by atoms with Gasteiger partial charge in [0.2, 0.25) is 0 Å². The molecule has 1 saturated carbocycles. The molecule has 2 N–H and O–H groups in total. The summed E-state index contributed by atoms with van der Waals surface area (Å²) in [5.41, 5.74) is 7.85. The van der Waals surface area contributed by atoms with Crippen LogP contribution in [0.3, 0.4) is 0 Å². The van der Waals surface area contributed by atoms with Crippen LogP contribution < -0.4 is 5.73 Å². The quantitative estimate of drug-likeness (QED) is 0.870. The summed E-state index contributed by atoms with van der Waals surface area (Å²) in [6.07, 6.45) is 4.09. The molecule has 1 aliphatic carbocycles. The lowest BCUT2D eigenvalue weighted by Crippen LogP contribution is -2.41. The highest BCUT2D eigenvalue weighted by Crippen LogP contribution is 2.22. The summed E-state index contributed by atoms with van der Waals surface area (Å²) < 4.78 is 0. The van der Waals surface area contributed by atoms with Crippen LogP contribution in [0, 0.1) is 6.92 Å². The van der Waals surface area contributed by atoms with Crippen LogP contribution in [0.5, 0.6) is 0 Å². The summed E-state index contributed by atoms with van der Waals surface area (Å²) >= 11 is 0. The Kier molecular flexibility index (Phi) is 4.02. The largest absolute Gasteiger partial charge is 0.339 e. The van der Waals surface area contributed by atoms with Gasteiger partial charge in [0, 0.05) is 24.7 Å². The Hall–Kier alpha value is -1.35. The lowest BCUT2D eigenvalue weighted by Gasteiger charge is -2.33. The van der Waals surface area contributed by atoms with E-state index in [0.717, 1.165) is 31.2 Å². The van der Waals surface area contributed by atoms with E-state index in [1.807, 2.05) is 43.1 Å². The number of hydrogen-bond donors (Lipinski definition) is 1. The number of amides is 1. The van der Waals surface area contributed by atoms with Gasteiger partial charge in [-0.2, -0.15) is 0 Å². The molecule has 18 heavy (non-hydrogen) atoms. The lowest BCUT2D eigenvalue weighted by molar-refractivity contribution is 0.0690. The van der Waals surface area contributed by atoms with Gasteiger partial charge >= 0.3 is 0 Å². The molecule has 1 aromatic carbocycles. The smallest absolute Gasteiger partial charge is 0.253 e. The Morgan fingerprint density at radius 2 is 1.72 bits per heavy atom. The SMILES string of the molecule is Cc1ccc(C(=O)N(C)C2CCC(N)CC2)cc1. The van der Waals surface area contributed by atoms with Crippen molar-refractivity contribution in [2.45, 2.75) is 44.7 Å². The predicted molar refractivity (Wildman–Crippen MR) is 73.5 cm³/mol. The summed E-state index contributed by atoms with van der Waals surface area (Å²) in [5, 5.41) is 0. The Balaban J connectivity index is 2.02. The normalized spacial score (nSPS) is 23.7. The van der Waals surface area contributed by atoms with Crippen molar-refractivity contribution in [3.05, 3.63) is 35.4 Å². The van der Waals surface area contributed by atoms with Crippen LogP contribution in [-0.2, 0) is 0 Å². The predicted octanol–water partition coefficient (Wildman–Crippen LogP) is 2.34. The molecular weight excluding hydrogens is 224 g/mol. The number of carbonyl (C=O) groups is 1. The Morgan fingerprint density at radius 3 is 2.28 bits per heavy atom. The van der Waals surface area contributed by atoms with E-state index in [4.69, 9.17) is 5.73 Å². The molecule has 1 fully saturated rings. The number of aryl methyl sites for hydroxylation is 1. The van der Waals surface area contributed by atoms with Crippen LogP contribution in [0.4, 0.5) is 0 Å². The van der Waals surface area contributed by atoms with Gasteiger partial charge in [-0.25, -0.2) is 0 Å². The lowest BCUT2D eigenvalue weighted by atomic mass is 9.90. The maximum atomic E-state index is 12.3. The molecule has 1 amide bonds. The van der Waals surface area contributed by atoms with E-state index in [2.05, 4.69) is 0 Å². The fourth-order valence-corrected chi connectivity index (χ4v) is 2.55. The number of carbonyl (C=O) groups excluding carboxylic acids is 1. The molecule has 98 valence electrons. The number of nitrogens with two attached hydrogens (primary N) is 1. The van der Waals surface area contributed by atoms with Crippen LogP contribution in [-0.4, -0.2) is 29.9 Å². The highest BCUT2D eigenvalue weighted by atomic mass is 16.2. The van der Waals surface area contributed by atoms with Gasteiger partial charge in [0.05, 0.1) is 0 Å². The molecular formula is C15H22N2O. The molecule has 3 heteroatoms. The minimum Gasteiger partial charge on any atom is -0.339 e. The van der Waals surface area contributed by atoms with Crippen molar-refractivity contribution in [3.63, 3.8) is 0 Å². The number of hydrogen-bond acceptors (Lipinski definition) is 2. The van der Waals surface area contributed by atoms with Gasteiger partial charge in [-0.05, 0) is 44.7 Å². The minimum absolute atomic E-state index is 0.121. The fraction of sp³-hybridized carbons (Fsp3) is 0.533. The van der Waals surface area contributed by atoms with Gasteiger partial charge in [-0.1, -0.05) is 17.7 Å². The molecule has 0 saturated heterocycles. The summed E-state index contributed by atoms with van der Waals surface area (Å²) in [4.78, 5) is 14.2. The van der Waals surface area contributed by atoms with Gasteiger partial charge in [0.1, 0.15) is 0 Å². The van der Waals surface area contributed by atoms with Crippen molar-refractivity contribution in [2.75, 3.05) is 7.05 Å². The van der Waals surface area contributed by atoms with Crippen molar-refractivity contribution < 1.29 is 4.79 Å². The monoisotopic (exact) mass is 246 g/mol. The molecule has 0 spiro atoms. The van der Waals surface area contributed by atoms with Crippen LogP contribution >= 0.6 is 0 Å². The maximum absolute atomic E-state index is 12.3. The number of benzene rings is 1. The van der Waals surface area contributed by atoms with Gasteiger partial charge in [0.25, 0.3) is 5.91 Å². The van der Waals surface area contributed by atoms with Gasteiger partial charge in [0.15, 0.2) is 0 Å². The maximum Gasteiger partial charge on any atom is 0.253 e. The number of nitrogens with zero attached hydrogens (tertiary/aromatic N) is 1. The third-order valence-corrected chi connectivity index (χ3v) is 3.91. The van der Waals surface area contributed by atoms with Gasteiger partial charge in [-0.3, -0.25) is 4.79 Å². The third kappa shape index (κ3) is 2.91. The van der Waals surface area contributed by atoms with Crippen molar-refractivity contribution in [1.29, 1.82) is 0 Å². The molecule has 1 aliphatic rings. The summed E-state index contributed by atoms with van der Waals surface area (Å²) in [6.45, 7) is 2.03. The van der Waals surface area contributed by atoms with Gasteiger partial charge < -0.3 is 10.6 Å². The zero-order valence-corrected chi connectivity index (χ0v) is 11.2. The molecule has 1 aromatic rings. The third-order valence-electron chi connectivity index (χ3n) is 3.91. The van der Waals surface area contributed by atoms with Crippen LogP contribution in [0.2, 0.25) is 0 Å². The van der Waals surface area contributed by atoms with E-state index in [9.17, 15) is 4.79 Å². The second kappa shape index (κ2) is 5.53. The molecule has 2 rings (SSSR count). The van der Waals surface area contributed by atoms with E-state index in [-0.39, 0.29) is 5.91 Å². The summed E-state index contributed by atoms with van der Waals surface area (Å²) in [6, 6.07) is 8.45. The molecule has 0 radical (unpaired) electrons. The highest BCUT2D eigenvalue weighted by molar-refractivity contribution is 5.94. The van der Waals surface area contributed by atoms with Crippen molar-refractivity contribution in [2.24, 2.45) is 5.73 Å². The topological polar surface area (TPSA) is 46.3 Å². The van der Waals surface area contributed by atoms with E-state index in [1.165, 1.54) is 5.56 Å². The average molecular weight is 246 g/mol. The first-order chi connectivity index (χ1) is 8.58. The highest BCUT2D eigenvalue weighted by Gasteiger charge is 2.25. The fourth-order valence-electron chi connectivity index (χ4n) is 2.55. The van der Waals surface area contributed by atoms with Crippen LogP contribution in [0.25, 0.3) is 0 Å². The average Bonchev–Trinajstić information content (AvgIpc) is 2.39. The molecule has 0 atom stereocenters. The van der Waals surface area contributed by atoms with Crippen LogP contribution in [0.15, 0.2) is 24.3 Å². The first-order valence-corrected chi connectivity index (χ1v) is 6.67. The van der Waals surface area contributed by atoms with Crippen LogP contribution in [0.1, 0.15) is 41.6 Å². The van der Waals surface area contributed by atoms with Crippen molar-refractivity contribution in [3.8, 4) is 0 Å². The Morgan fingerprint density at radius 1 is 1.17 bits per heavy atom. The second-order valence-electron chi connectivity index (χ2n) is 5.35. The van der Waals surface area contributed by atoms with E-state index in [1.54, 1.807) is 0 Å². The summed E-state index contributed by atoms with van der Waals surface area (Å²) in [5.74, 6) is 0.121. The number of rotatable bonds is 2. The van der Waals surface area contributed by atoms with Gasteiger partial charge in [-0.15, -0.1) is 0 Å². The van der Waals surface area contributed by atoms with Crippen molar-refractivity contribution >= 4 is 5.91 Å². The zero-order valence-electron chi connectivity index (χ0n) is 11.2. The molecule has 0 aliphatic heterocycles. The van der Waals surface area contributed by atoms with Crippen molar-refractivity contribution in [1.82, 2.24) is 4.90 Å². The zero-order chi connectivity index (χ0) is 13.1.